The van der Waals surface area contributed by atoms with E-state index < -0.39 is 10.0 Å². The van der Waals surface area contributed by atoms with E-state index in [0.29, 0.717) is 22.5 Å². The van der Waals surface area contributed by atoms with Crippen LogP contribution in [0, 0.1) is 6.92 Å². The number of anilines is 1. The highest BCUT2D eigenvalue weighted by Gasteiger charge is 2.23. The van der Waals surface area contributed by atoms with Crippen molar-refractivity contribution in [2.24, 2.45) is 0 Å². The Morgan fingerprint density at radius 2 is 2.00 bits per heavy atom. The maximum Gasteiger partial charge on any atom is 0.266 e. The zero-order valence-electron chi connectivity index (χ0n) is 11.4. The molecule has 1 aromatic carbocycles. The molecule has 0 amide bonds. The summed E-state index contributed by atoms with van der Waals surface area (Å²) in [5.74, 6) is 0.535. The van der Waals surface area contributed by atoms with Crippen LogP contribution >= 0.6 is 31.9 Å². The first-order valence-corrected chi connectivity index (χ1v) is 9.13. The first-order chi connectivity index (χ1) is 9.85. The molecule has 0 radical (unpaired) electrons. The summed E-state index contributed by atoms with van der Waals surface area (Å²) in [6.07, 6.45) is 0. The maximum atomic E-state index is 12.5. The minimum absolute atomic E-state index is 0.0705. The van der Waals surface area contributed by atoms with Crippen molar-refractivity contribution in [3.05, 3.63) is 44.7 Å². The Balaban J connectivity index is 2.36. The lowest BCUT2D eigenvalue weighted by atomic mass is 10.2. The van der Waals surface area contributed by atoms with Crippen LogP contribution in [0.5, 0.6) is 0 Å². The molecule has 0 bridgehead atoms. The van der Waals surface area contributed by atoms with Crippen molar-refractivity contribution < 1.29 is 12.8 Å². The van der Waals surface area contributed by atoms with Crippen LogP contribution in [0.1, 0.15) is 11.3 Å². The predicted octanol–water partition coefficient (Wildman–Crippen LogP) is 3.63. The number of sulfonamides is 1. The third kappa shape index (κ3) is 3.68. The van der Waals surface area contributed by atoms with Gasteiger partial charge in [0.2, 0.25) is 0 Å². The second kappa shape index (κ2) is 6.51. The van der Waals surface area contributed by atoms with E-state index in [9.17, 15) is 8.42 Å². The van der Waals surface area contributed by atoms with E-state index in [4.69, 9.17) is 4.42 Å². The molecule has 0 aliphatic carbocycles. The molecular formula is C13H14Br2N2O3S. The Hall–Kier alpha value is -0.830. The number of rotatable bonds is 5. The Bertz CT molecular complexity index is 757. The van der Waals surface area contributed by atoms with Gasteiger partial charge in [0.15, 0.2) is 4.67 Å². The molecule has 0 aliphatic heterocycles. The van der Waals surface area contributed by atoms with E-state index in [0.717, 1.165) is 5.56 Å². The number of halogens is 2. The van der Waals surface area contributed by atoms with E-state index in [1.807, 2.05) is 13.0 Å². The molecule has 21 heavy (non-hydrogen) atoms. The summed E-state index contributed by atoms with van der Waals surface area (Å²) >= 11 is 6.53. The molecule has 0 fully saturated rings. The van der Waals surface area contributed by atoms with Crippen LogP contribution in [-0.4, -0.2) is 15.5 Å². The van der Waals surface area contributed by atoms with E-state index in [-0.39, 0.29) is 9.56 Å². The first kappa shape index (κ1) is 16.5. The summed E-state index contributed by atoms with van der Waals surface area (Å²) in [6, 6.07) is 6.86. The van der Waals surface area contributed by atoms with Crippen molar-refractivity contribution in [1.29, 1.82) is 0 Å². The molecule has 2 rings (SSSR count). The number of aryl methyl sites for hydroxylation is 1. The zero-order valence-corrected chi connectivity index (χ0v) is 15.4. The van der Waals surface area contributed by atoms with Crippen molar-refractivity contribution in [2.75, 3.05) is 11.8 Å². The number of hydrogen-bond acceptors (Lipinski definition) is 4. The molecule has 0 unspecified atom stereocenters. The van der Waals surface area contributed by atoms with Crippen LogP contribution in [-0.2, 0) is 16.6 Å². The molecule has 2 N–H and O–H groups in total. The Morgan fingerprint density at radius 3 is 2.67 bits per heavy atom. The van der Waals surface area contributed by atoms with E-state index in [2.05, 4.69) is 41.9 Å². The normalized spacial score (nSPS) is 11.6. The third-order valence-electron chi connectivity index (χ3n) is 2.78. The Kier molecular flexibility index (Phi) is 5.13. The van der Waals surface area contributed by atoms with E-state index in [1.165, 1.54) is 6.07 Å². The summed E-state index contributed by atoms with van der Waals surface area (Å²) in [7, 11) is -1.97. The molecule has 0 saturated carbocycles. The average molecular weight is 438 g/mol. The van der Waals surface area contributed by atoms with Gasteiger partial charge in [-0.05, 0) is 57.5 Å². The fraction of sp³-hybridized carbons (Fsp3) is 0.231. The van der Waals surface area contributed by atoms with Gasteiger partial charge in [0.1, 0.15) is 10.7 Å². The molecular weight excluding hydrogens is 424 g/mol. The van der Waals surface area contributed by atoms with E-state index in [1.54, 1.807) is 19.2 Å². The molecule has 0 spiro atoms. The summed E-state index contributed by atoms with van der Waals surface area (Å²) in [5, 5.41) is 2.90. The van der Waals surface area contributed by atoms with Gasteiger partial charge in [-0.15, -0.1) is 0 Å². The van der Waals surface area contributed by atoms with Gasteiger partial charge in [0, 0.05) is 10.5 Å². The minimum atomic E-state index is -3.73. The van der Waals surface area contributed by atoms with Gasteiger partial charge in [0.05, 0.1) is 12.2 Å². The summed E-state index contributed by atoms with van der Waals surface area (Å²) in [6.45, 7) is 2.34. The molecule has 114 valence electrons. The zero-order chi connectivity index (χ0) is 15.6. The molecule has 1 heterocycles. The highest BCUT2D eigenvalue weighted by atomic mass is 79.9. The van der Waals surface area contributed by atoms with E-state index >= 15 is 0 Å². The fourth-order valence-electron chi connectivity index (χ4n) is 1.77. The predicted molar refractivity (Wildman–Crippen MR) is 88.9 cm³/mol. The second-order valence-corrected chi connectivity index (χ2v) is 7.59. The topological polar surface area (TPSA) is 71.3 Å². The number of hydrogen-bond donors (Lipinski definition) is 2. The van der Waals surface area contributed by atoms with Crippen molar-refractivity contribution in [3.63, 3.8) is 0 Å². The van der Waals surface area contributed by atoms with Gasteiger partial charge in [-0.3, -0.25) is 4.72 Å². The minimum Gasteiger partial charge on any atom is -0.451 e. The van der Waals surface area contributed by atoms with Crippen LogP contribution < -0.4 is 10.0 Å². The number of nitrogens with one attached hydrogen (secondary N) is 2. The van der Waals surface area contributed by atoms with Crippen LogP contribution in [0.25, 0.3) is 0 Å². The Morgan fingerprint density at radius 1 is 1.29 bits per heavy atom. The second-order valence-electron chi connectivity index (χ2n) is 4.42. The van der Waals surface area contributed by atoms with Crippen molar-refractivity contribution >= 4 is 47.6 Å². The van der Waals surface area contributed by atoms with Crippen molar-refractivity contribution in [2.45, 2.75) is 18.4 Å². The van der Waals surface area contributed by atoms with Gasteiger partial charge in [-0.2, -0.15) is 0 Å². The summed E-state index contributed by atoms with van der Waals surface area (Å²) < 4.78 is 33.7. The largest absolute Gasteiger partial charge is 0.451 e. The first-order valence-electron chi connectivity index (χ1n) is 6.06. The molecule has 0 atom stereocenters. The highest BCUT2D eigenvalue weighted by Crippen LogP contribution is 2.31. The summed E-state index contributed by atoms with van der Waals surface area (Å²) in [5.41, 5.74) is 1.43. The molecule has 5 nitrogen and oxygen atoms in total. The van der Waals surface area contributed by atoms with Gasteiger partial charge in [-0.25, -0.2) is 8.42 Å². The number of furan rings is 1. The van der Waals surface area contributed by atoms with Crippen LogP contribution in [0.4, 0.5) is 5.69 Å². The van der Waals surface area contributed by atoms with Gasteiger partial charge >= 0.3 is 0 Å². The third-order valence-corrected chi connectivity index (χ3v) is 6.06. The smallest absolute Gasteiger partial charge is 0.266 e. The van der Waals surface area contributed by atoms with Crippen LogP contribution in [0.3, 0.4) is 0 Å². The quantitative estimate of drug-likeness (QED) is 0.749. The van der Waals surface area contributed by atoms with Gasteiger partial charge in [-0.1, -0.05) is 12.1 Å². The van der Waals surface area contributed by atoms with Crippen molar-refractivity contribution in [3.8, 4) is 0 Å². The molecule has 0 saturated heterocycles. The highest BCUT2D eigenvalue weighted by molar-refractivity contribution is 9.10. The van der Waals surface area contributed by atoms with Crippen LogP contribution in [0.15, 0.2) is 42.7 Å². The number of benzene rings is 1. The van der Waals surface area contributed by atoms with Crippen molar-refractivity contribution in [1.82, 2.24) is 5.32 Å². The molecule has 2 aromatic rings. The SMILES string of the molecule is CNCc1cc(S(=O)(=O)Nc2cccc(C)c2Br)c(Br)o1. The maximum absolute atomic E-state index is 12.5. The van der Waals surface area contributed by atoms with Crippen LogP contribution in [0.2, 0.25) is 0 Å². The van der Waals surface area contributed by atoms with Gasteiger partial charge in [0.25, 0.3) is 10.0 Å². The summed E-state index contributed by atoms with van der Waals surface area (Å²) in [4.78, 5) is 0.0705. The molecule has 1 aromatic heterocycles. The lowest BCUT2D eigenvalue weighted by molar-refractivity contribution is 0.470. The Labute approximate surface area is 140 Å². The lowest BCUT2D eigenvalue weighted by Gasteiger charge is -2.10. The van der Waals surface area contributed by atoms with Gasteiger partial charge < -0.3 is 9.73 Å². The monoisotopic (exact) mass is 436 g/mol. The standard InChI is InChI=1S/C13H14Br2N2O3S/c1-8-4-3-5-10(12(8)14)17-21(18,19)11-6-9(7-16-2)20-13(11)15/h3-6,16-17H,7H2,1-2H3. The molecule has 8 heteroatoms. The average Bonchev–Trinajstić information content (AvgIpc) is 2.77. The molecule has 0 aliphatic rings. The lowest BCUT2D eigenvalue weighted by Crippen LogP contribution is -2.13. The fourth-order valence-corrected chi connectivity index (χ4v) is 4.33.